The summed E-state index contributed by atoms with van der Waals surface area (Å²) in [5.74, 6) is -1.03. The molecule has 31 heavy (non-hydrogen) atoms. The fourth-order valence-electron chi connectivity index (χ4n) is 3.09. The van der Waals surface area contributed by atoms with Crippen molar-refractivity contribution < 1.29 is 14.1 Å². The number of hydrogen-bond acceptors (Lipinski definition) is 9. The van der Waals surface area contributed by atoms with Gasteiger partial charge in [-0.25, -0.2) is 4.79 Å². The maximum absolute atomic E-state index is 12.5. The Bertz CT molecular complexity index is 1180. The molecule has 162 valence electrons. The molecule has 1 N–H and O–H groups in total. The molecule has 0 atom stereocenters. The van der Waals surface area contributed by atoms with Crippen LogP contribution in [0, 0.1) is 0 Å². The highest BCUT2D eigenvalue weighted by Crippen LogP contribution is 2.09. The van der Waals surface area contributed by atoms with E-state index in [1.807, 2.05) is 0 Å². The number of morpholine rings is 1. The van der Waals surface area contributed by atoms with Gasteiger partial charge in [-0.15, -0.1) is 0 Å². The second kappa shape index (κ2) is 9.02. The van der Waals surface area contributed by atoms with Crippen molar-refractivity contribution in [1.82, 2.24) is 34.7 Å². The Kier molecular flexibility index (Phi) is 6.00. The van der Waals surface area contributed by atoms with Gasteiger partial charge in [0.05, 0.1) is 18.9 Å². The predicted octanol–water partition coefficient (Wildman–Crippen LogP) is -0.957. The molecule has 1 fully saturated rings. The number of para-hydroxylation sites is 1. The van der Waals surface area contributed by atoms with Crippen LogP contribution in [0.3, 0.4) is 0 Å². The van der Waals surface area contributed by atoms with E-state index in [0.717, 1.165) is 22.3 Å². The minimum absolute atomic E-state index is 0.177. The Morgan fingerprint density at radius 2 is 1.90 bits per heavy atom. The molecule has 0 aliphatic carbocycles. The molecule has 12 nitrogen and oxygen atoms in total. The topological polar surface area (TPSA) is 137 Å². The lowest BCUT2D eigenvalue weighted by molar-refractivity contribution is 0.0382. The second-order valence-electron chi connectivity index (χ2n) is 6.88. The van der Waals surface area contributed by atoms with E-state index < -0.39 is 17.2 Å². The number of nitrogens with zero attached hydrogens (tertiary/aromatic N) is 6. The summed E-state index contributed by atoms with van der Waals surface area (Å²) in [6.45, 7) is 4.04. The zero-order chi connectivity index (χ0) is 21.8. The number of aromatic nitrogens is 5. The summed E-state index contributed by atoms with van der Waals surface area (Å²) >= 11 is 0. The van der Waals surface area contributed by atoms with Crippen LogP contribution in [0.5, 0.6) is 0 Å². The molecule has 0 spiro atoms. The zero-order valence-corrected chi connectivity index (χ0v) is 16.9. The van der Waals surface area contributed by atoms with Gasteiger partial charge in [-0.3, -0.25) is 19.1 Å². The van der Waals surface area contributed by atoms with Crippen LogP contribution in [0.4, 0.5) is 0 Å². The molecule has 0 unspecified atom stereocenters. The van der Waals surface area contributed by atoms with E-state index in [4.69, 9.17) is 9.26 Å². The highest BCUT2D eigenvalue weighted by Gasteiger charge is 2.22. The summed E-state index contributed by atoms with van der Waals surface area (Å²) in [6.07, 6.45) is 0. The van der Waals surface area contributed by atoms with Crippen molar-refractivity contribution in [2.45, 2.75) is 0 Å². The van der Waals surface area contributed by atoms with Crippen LogP contribution in [0.15, 0.2) is 44.4 Å². The van der Waals surface area contributed by atoms with Gasteiger partial charge in [0, 0.05) is 33.2 Å². The van der Waals surface area contributed by atoms with E-state index in [0.29, 0.717) is 32.0 Å². The zero-order valence-electron chi connectivity index (χ0n) is 16.9. The number of ether oxygens (including phenoxy) is 1. The SMILES string of the molecule is Cn1c(=O)c(-c2noc(C(=O)NCCN3CCOCC3)n2)nn(-c2ccccc2)c1=O. The van der Waals surface area contributed by atoms with Crippen LogP contribution in [0.1, 0.15) is 10.7 Å². The summed E-state index contributed by atoms with van der Waals surface area (Å²) < 4.78 is 12.3. The Hall–Kier alpha value is -3.64. The Labute approximate surface area is 176 Å². The Balaban J connectivity index is 1.53. The van der Waals surface area contributed by atoms with Gasteiger partial charge in [-0.2, -0.15) is 14.8 Å². The van der Waals surface area contributed by atoms with Crippen molar-refractivity contribution in [2.75, 3.05) is 39.4 Å². The number of hydrogen-bond donors (Lipinski definition) is 1. The highest BCUT2D eigenvalue weighted by molar-refractivity contribution is 5.89. The molecular weight excluding hydrogens is 406 g/mol. The molecule has 12 heteroatoms. The minimum atomic E-state index is -0.697. The summed E-state index contributed by atoms with van der Waals surface area (Å²) in [5.41, 5.74) is -1.06. The molecule has 1 saturated heterocycles. The normalized spacial score (nSPS) is 14.5. The van der Waals surface area contributed by atoms with Crippen molar-refractivity contribution in [3.05, 3.63) is 57.1 Å². The number of carbonyl (C=O) groups is 1. The molecule has 0 saturated carbocycles. The van der Waals surface area contributed by atoms with Crippen LogP contribution in [-0.4, -0.2) is 74.7 Å². The van der Waals surface area contributed by atoms with Crippen molar-refractivity contribution in [3.8, 4) is 17.2 Å². The Morgan fingerprint density at radius 1 is 1.16 bits per heavy atom. The number of carbonyl (C=O) groups excluding carboxylic acids is 1. The lowest BCUT2D eigenvalue weighted by Crippen LogP contribution is -2.41. The highest BCUT2D eigenvalue weighted by atomic mass is 16.5. The lowest BCUT2D eigenvalue weighted by Gasteiger charge is -2.26. The van der Waals surface area contributed by atoms with Crippen molar-refractivity contribution in [2.24, 2.45) is 7.05 Å². The van der Waals surface area contributed by atoms with E-state index >= 15 is 0 Å². The van der Waals surface area contributed by atoms with Crippen LogP contribution in [0.25, 0.3) is 17.2 Å². The van der Waals surface area contributed by atoms with Gasteiger partial charge in [0.1, 0.15) is 0 Å². The second-order valence-corrected chi connectivity index (χ2v) is 6.88. The first-order valence-corrected chi connectivity index (χ1v) is 9.73. The van der Waals surface area contributed by atoms with E-state index in [1.54, 1.807) is 30.3 Å². The van der Waals surface area contributed by atoms with Crippen molar-refractivity contribution in [1.29, 1.82) is 0 Å². The first-order valence-electron chi connectivity index (χ1n) is 9.73. The third-order valence-electron chi connectivity index (χ3n) is 4.83. The first-order chi connectivity index (χ1) is 15.0. The van der Waals surface area contributed by atoms with E-state index in [9.17, 15) is 14.4 Å². The first kappa shape index (κ1) is 20.6. The molecule has 1 aliphatic heterocycles. The standard InChI is InChI=1S/C19H21N7O5/c1-24-18(28)14(22-26(19(24)29)13-5-3-2-4-6-13)15-21-17(31-23-15)16(27)20-7-8-25-9-11-30-12-10-25/h2-6H,7-12H2,1H3,(H,20,27). The average molecular weight is 427 g/mol. The number of rotatable bonds is 6. The predicted molar refractivity (Wildman–Crippen MR) is 108 cm³/mol. The largest absolute Gasteiger partial charge is 0.379 e. The third kappa shape index (κ3) is 4.44. The van der Waals surface area contributed by atoms with Crippen LogP contribution < -0.4 is 16.6 Å². The van der Waals surface area contributed by atoms with Crippen LogP contribution in [-0.2, 0) is 11.8 Å². The number of amides is 1. The average Bonchev–Trinajstić information content (AvgIpc) is 3.29. The monoisotopic (exact) mass is 427 g/mol. The molecule has 0 radical (unpaired) electrons. The Morgan fingerprint density at radius 3 is 2.65 bits per heavy atom. The summed E-state index contributed by atoms with van der Waals surface area (Å²) in [7, 11) is 1.33. The van der Waals surface area contributed by atoms with E-state index in [2.05, 4.69) is 25.5 Å². The number of nitrogens with one attached hydrogen (secondary N) is 1. The molecular formula is C19H21N7O5. The van der Waals surface area contributed by atoms with Gasteiger partial charge in [-0.1, -0.05) is 23.4 Å². The molecule has 1 aromatic carbocycles. The molecule has 1 amide bonds. The van der Waals surface area contributed by atoms with Gasteiger partial charge in [0.2, 0.25) is 5.82 Å². The minimum Gasteiger partial charge on any atom is -0.379 e. The van der Waals surface area contributed by atoms with E-state index in [1.165, 1.54) is 7.05 Å². The fourth-order valence-corrected chi connectivity index (χ4v) is 3.09. The maximum atomic E-state index is 12.5. The van der Waals surface area contributed by atoms with Crippen LogP contribution in [0.2, 0.25) is 0 Å². The summed E-state index contributed by atoms with van der Waals surface area (Å²) in [5, 5.41) is 10.5. The number of benzene rings is 1. The van der Waals surface area contributed by atoms with Crippen molar-refractivity contribution in [3.63, 3.8) is 0 Å². The van der Waals surface area contributed by atoms with Gasteiger partial charge in [0.15, 0.2) is 5.69 Å². The molecule has 4 rings (SSSR count). The fraction of sp³-hybridized carbons (Fsp3) is 0.368. The van der Waals surface area contributed by atoms with Crippen molar-refractivity contribution >= 4 is 5.91 Å². The quantitative estimate of drug-likeness (QED) is 0.527. The van der Waals surface area contributed by atoms with Crippen LogP contribution >= 0.6 is 0 Å². The third-order valence-corrected chi connectivity index (χ3v) is 4.83. The van der Waals surface area contributed by atoms with Gasteiger partial charge >= 0.3 is 17.5 Å². The molecule has 1 aliphatic rings. The molecule has 3 heterocycles. The molecule has 3 aromatic rings. The maximum Gasteiger partial charge on any atom is 0.351 e. The van der Waals surface area contributed by atoms with Gasteiger partial charge in [-0.05, 0) is 12.1 Å². The van der Waals surface area contributed by atoms with Gasteiger partial charge in [0.25, 0.3) is 5.56 Å². The van der Waals surface area contributed by atoms with Gasteiger partial charge < -0.3 is 14.6 Å². The van der Waals surface area contributed by atoms with E-state index in [-0.39, 0.29) is 17.4 Å². The summed E-state index contributed by atoms with van der Waals surface area (Å²) in [4.78, 5) is 43.5. The lowest BCUT2D eigenvalue weighted by atomic mass is 10.3. The smallest absolute Gasteiger partial charge is 0.351 e. The molecule has 2 aromatic heterocycles. The molecule has 0 bridgehead atoms. The summed E-state index contributed by atoms with van der Waals surface area (Å²) in [6, 6.07) is 8.61.